The SMILES string of the molecule is CC(C)(C)OC(=O)C1CCC(NS(=O)(=O)c2ccc(OC(F)(F)F)cc2)(c2ccccc2)CC1. The number of halogens is 3. The largest absolute Gasteiger partial charge is 0.573 e. The standard InChI is InChI=1S/C24H28F3NO5S/c1-22(2,3)33-21(29)17-13-15-23(16-14-17,18-7-5-4-6-8-18)28-34(30,31)20-11-9-19(10-12-20)32-24(25,26)27/h4-12,17,28H,13-16H2,1-3H3. The van der Waals surface area contributed by atoms with Crippen LogP contribution in [0.15, 0.2) is 59.5 Å². The first-order chi connectivity index (χ1) is 15.7. The number of nitrogens with one attached hydrogen (secondary N) is 1. The van der Waals surface area contributed by atoms with Gasteiger partial charge in [0.2, 0.25) is 10.0 Å². The van der Waals surface area contributed by atoms with Crippen LogP contribution in [0.3, 0.4) is 0 Å². The fraction of sp³-hybridized carbons (Fsp3) is 0.458. The van der Waals surface area contributed by atoms with E-state index in [9.17, 15) is 26.4 Å². The van der Waals surface area contributed by atoms with Crippen LogP contribution < -0.4 is 9.46 Å². The van der Waals surface area contributed by atoms with Gasteiger partial charge >= 0.3 is 12.3 Å². The molecule has 3 rings (SSSR count). The van der Waals surface area contributed by atoms with E-state index in [4.69, 9.17) is 4.74 Å². The van der Waals surface area contributed by atoms with E-state index in [2.05, 4.69) is 9.46 Å². The van der Waals surface area contributed by atoms with E-state index in [1.54, 1.807) is 32.9 Å². The van der Waals surface area contributed by atoms with Gasteiger partial charge in [-0.25, -0.2) is 13.1 Å². The minimum absolute atomic E-state index is 0.188. The zero-order chi connectivity index (χ0) is 25.2. The summed E-state index contributed by atoms with van der Waals surface area (Å²) in [6.45, 7) is 5.38. The normalized spacial score (nSPS) is 21.6. The molecule has 1 N–H and O–H groups in total. The Morgan fingerprint density at radius 3 is 2.03 bits per heavy atom. The minimum atomic E-state index is -4.87. The summed E-state index contributed by atoms with van der Waals surface area (Å²) in [5.74, 6) is -1.17. The maximum atomic E-state index is 13.2. The number of carbonyl (C=O) groups is 1. The molecule has 6 nitrogen and oxygen atoms in total. The van der Waals surface area contributed by atoms with Crippen molar-refractivity contribution in [2.75, 3.05) is 0 Å². The number of hydrogen-bond donors (Lipinski definition) is 1. The lowest BCUT2D eigenvalue weighted by Gasteiger charge is -2.40. The Kier molecular flexibility index (Phi) is 7.33. The Morgan fingerprint density at radius 1 is 0.971 bits per heavy atom. The van der Waals surface area contributed by atoms with E-state index in [1.165, 1.54) is 0 Å². The average Bonchev–Trinajstić information content (AvgIpc) is 2.72. The third-order valence-corrected chi connectivity index (χ3v) is 7.16. The van der Waals surface area contributed by atoms with Gasteiger partial charge in [0, 0.05) is 0 Å². The maximum absolute atomic E-state index is 13.2. The Labute approximate surface area is 197 Å². The van der Waals surface area contributed by atoms with Gasteiger partial charge in [0.05, 0.1) is 16.4 Å². The van der Waals surface area contributed by atoms with Crippen LogP contribution in [0.1, 0.15) is 52.0 Å². The Balaban J connectivity index is 1.83. The van der Waals surface area contributed by atoms with Crippen molar-refractivity contribution in [3.05, 3.63) is 60.2 Å². The van der Waals surface area contributed by atoms with E-state index >= 15 is 0 Å². The highest BCUT2D eigenvalue weighted by Gasteiger charge is 2.43. The fourth-order valence-corrected chi connectivity index (χ4v) is 5.52. The number of alkyl halides is 3. The number of carbonyl (C=O) groups excluding carboxylic acids is 1. The lowest BCUT2D eigenvalue weighted by Crippen LogP contribution is -2.49. The van der Waals surface area contributed by atoms with Gasteiger partial charge in [0.15, 0.2) is 0 Å². The molecule has 0 aromatic heterocycles. The summed E-state index contributed by atoms with van der Waals surface area (Å²) >= 11 is 0. The summed E-state index contributed by atoms with van der Waals surface area (Å²) in [6, 6.07) is 13.1. The predicted octanol–water partition coefficient (Wildman–Crippen LogP) is 5.29. The summed E-state index contributed by atoms with van der Waals surface area (Å²) in [5, 5.41) is 0. The third kappa shape index (κ3) is 6.73. The quantitative estimate of drug-likeness (QED) is 0.546. The molecule has 0 amide bonds. The van der Waals surface area contributed by atoms with Gasteiger partial charge in [0.1, 0.15) is 11.4 Å². The van der Waals surface area contributed by atoms with Crippen LogP contribution in [0.5, 0.6) is 5.75 Å². The number of benzene rings is 2. The van der Waals surface area contributed by atoms with Crippen LogP contribution in [-0.2, 0) is 25.1 Å². The summed E-state index contributed by atoms with van der Waals surface area (Å²) in [6.07, 6.45) is -3.32. The van der Waals surface area contributed by atoms with E-state index in [-0.39, 0.29) is 16.8 Å². The summed E-state index contributed by atoms with van der Waals surface area (Å²) in [4.78, 5) is 12.4. The van der Waals surface area contributed by atoms with Crippen LogP contribution in [0.4, 0.5) is 13.2 Å². The number of sulfonamides is 1. The molecule has 34 heavy (non-hydrogen) atoms. The highest BCUT2D eigenvalue weighted by Crippen LogP contribution is 2.41. The number of rotatable bonds is 6. The fourth-order valence-electron chi connectivity index (χ4n) is 4.07. The van der Waals surface area contributed by atoms with Gasteiger partial charge in [-0.2, -0.15) is 0 Å². The second-order valence-corrected chi connectivity index (χ2v) is 11.1. The van der Waals surface area contributed by atoms with Crippen molar-refractivity contribution in [3.8, 4) is 5.75 Å². The zero-order valence-corrected chi connectivity index (χ0v) is 20.0. The van der Waals surface area contributed by atoms with E-state index in [0.717, 1.165) is 29.8 Å². The van der Waals surface area contributed by atoms with Gasteiger partial charge in [-0.15, -0.1) is 13.2 Å². The first kappa shape index (κ1) is 26.0. The van der Waals surface area contributed by atoms with Crippen molar-refractivity contribution < 1.29 is 35.9 Å². The lowest BCUT2D eigenvalue weighted by atomic mass is 9.73. The van der Waals surface area contributed by atoms with Gasteiger partial charge in [0.25, 0.3) is 0 Å². The maximum Gasteiger partial charge on any atom is 0.573 e. The number of esters is 1. The van der Waals surface area contributed by atoms with Crippen LogP contribution in [0, 0.1) is 5.92 Å². The molecule has 0 spiro atoms. The van der Waals surface area contributed by atoms with Gasteiger partial charge in [-0.05, 0) is 76.3 Å². The second-order valence-electron chi connectivity index (χ2n) is 9.38. The molecule has 0 atom stereocenters. The highest BCUT2D eigenvalue weighted by atomic mass is 32.2. The molecule has 0 aliphatic heterocycles. The van der Waals surface area contributed by atoms with Crippen molar-refractivity contribution in [2.45, 2.75) is 68.9 Å². The van der Waals surface area contributed by atoms with Crippen molar-refractivity contribution in [2.24, 2.45) is 5.92 Å². The average molecular weight is 500 g/mol. The second kappa shape index (κ2) is 9.58. The number of ether oxygens (including phenoxy) is 2. The molecule has 1 aliphatic rings. The third-order valence-electron chi connectivity index (χ3n) is 5.60. The molecular weight excluding hydrogens is 471 g/mol. The molecule has 0 bridgehead atoms. The van der Waals surface area contributed by atoms with Crippen molar-refractivity contribution >= 4 is 16.0 Å². The number of hydrogen-bond acceptors (Lipinski definition) is 5. The molecule has 0 heterocycles. The predicted molar refractivity (Wildman–Crippen MR) is 119 cm³/mol. The van der Waals surface area contributed by atoms with Crippen LogP contribution >= 0.6 is 0 Å². The minimum Gasteiger partial charge on any atom is -0.460 e. The summed E-state index contributed by atoms with van der Waals surface area (Å²) in [7, 11) is -4.10. The van der Waals surface area contributed by atoms with Gasteiger partial charge in [-0.1, -0.05) is 30.3 Å². The highest BCUT2D eigenvalue weighted by molar-refractivity contribution is 7.89. The molecule has 1 aliphatic carbocycles. The first-order valence-electron chi connectivity index (χ1n) is 10.9. The van der Waals surface area contributed by atoms with Crippen LogP contribution in [0.2, 0.25) is 0 Å². The van der Waals surface area contributed by atoms with Gasteiger partial charge < -0.3 is 9.47 Å². The topological polar surface area (TPSA) is 81.7 Å². The zero-order valence-electron chi connectivity index (χ0n) is 19.2. The molecule has 2 aromatic carbocycles. The molecule has 0 saturated heterocycles. The van der Waals surface area contributed by atoms with E-state index in [0.29, 0.717) is 25.7 Å². The first-order valence-corrected chi connectivity index (χ1v) is 12.4. The molecule has 0 radical (unpaired) electrons. The monoisotopic (exact) mass is 499 g/mol. The van der Waals surface area contributed by atoms with E-state index < -0.39 is 33.3 Å². The molecule has 186 valence electrons. The lowest BCUT2D eigenvalue weighted by molar-refractivity contribution is -0.274. The molecule has 0 unspecified atom stereocenters. The van der Waals surface area contributed by atoms with Crippen molar-refractivity contribution in [1.82, 2.24) is 4.72 Å². The van der Waals surface area contributed by atoms with Crippen LogP contribution in [-0.4, -0.2) is 26.4 Å². The Morgan fingerprint density at radius 2 is 1.53 bits per heavy atom. The van der Waals surface area contributed by atoms with E-state index in [1.807, 2.05) is 18.2 Å². The molecule has 1 fully saturated rings. The van der Waals surface area contributed by atoms with Gasteiger partial charge in [-0.3, -0.25) is 4.79 Å². The molecule has 2 aromatic rings. The summed E-state index contributed by atoms with van der Waals surface area (Å²) < 4.78 is 75.8. The molecule has 10 heteroatoms. The van der Waals surface area contributed by atoms with Crippen molar-refractivity contribution in [3.63, 3.8) is 0 Å². The molecule has 1 saturated carbocycles. The smallest absolute Gasteiger partial charge is 0.460 e. The van der Waals surface area contributed by atoms with Crippen LogP contribution in [0.25, 0.3) is 0 Å². The Bertz CT molecular complexity index is 1090. The van der Waals surface area contributed by atoms with Crippen molar-refractivity contribution in [1.29, 1.82) is 0 Å². The summed E-state index contributed by atoms with van der Waals surface area (Å²) in [5.41, 5.74) is -0.841. The molecular formula is C24H28F3NO5S. The Hall–Kier alpha value is -2.59.